The maximum Gasteiger partial charge on any atom is 0.0681 e. The van der Waals surface area contributed by atoms with E-state index < -0.39 is 0 Å². The van der Waals surface area contributed by atoms with Crippen LogP contribution in [0.15, 0.2) is 18.2 Å². The van der Waals surface area contributed by atoms with Gasteiger partial charge in [0.25, 0.3) is 0 Å². The van der Waals surface area contributed by atoms with Crippen molar-refractivity contribution in [1.82, 2.24) is 0 Å². The Labute approximate surface area is 74.1 Å². The molecule has 1 aromatic carbocycles. The van der Waals surface area contributed by atoms with Crippen molar-refractivity contribution in [1.29, 1.82) is 0 Å². The molecule has 12 heavy (non-hydrogen) atoms. The van der Waals surface area contributed by atoms with Crippen molar-refractivity contribution in [2.75, 3.05) is 0 Å². The Morgan fingerprint density at radius 1 is 1.50 bits per heavy atom. The van der Waals surface area contributed by atoms with Crippen LogP contribution < -0.4 is 0 Å². The van der Waals surface area contributed by atoms with Crippen molar-refractivity contribution in [3.8, 4) is 0 Å². The van der Waals surface area contributed by atoms with Gasteiger partial charge in [0, 0.05) is 0 Å². The Morgan fingerprint density at radius 3 is 3.00 bits per heavy atom. The highest BCUT2D eigenvalue weighted by Crippen LogP contribution is 2.07. The van der Waals surface area contributed by atoms with Crippen molar-refractivity contribution >= 4 is 0 Å². The fourth-order valence-electron chi connectivity index (χ4n) is 1.18. The molecule has 0 spiro atoms. The molecule has 0 heterocycles. The summed E-state index contributed by atoms with van der Waals surface area (Å²) in [7, 11) is 0. The second-order valence-electron chi connectivity index (χ2n) is 2.98. The van der Waals surface area contributed by atoms with Gasteiger partial charge < -0.3 is 5.11 Å². The lowest BCUT2D eigenvalue weighted by Crippen LogP contribution is -1.88. The molecule has 1 nitrogen and oxygen atoms in total. The summed E-state index contributed by atoms with van der Waals surface area (Å²) in [6.45, 7) is 2.31. The van der Waals surface area contributed by atoms with Crippen LogP contribution in [-0.4, -0.2) is 5.11 Å². The van der Waals surface area contributed by atoms with E-state index in [0.717, 1.165) is 12.0 Å². The second kappa shape index (κ2) is 4.94. The van der Waals surface area contributed by atoms with Crippen LogP contribution in [0, 0.1) is 6.07 Å². The molecule has 0 aliphatic carbocycles. The highest BCUT2D eigenvalue weighted by molar-refractivity contribution is 5.21. The predicted octanol–water partition coefficient (Wildman–Crippen LogP) is 2.32. The number of hydrogen-bond acceptors (Lipinski definition) is 1. The average molecular weight is 163 g/mol. The van der Waals surface area contributed by atoms with Gasteiger partial charge in [0.05, 0.1) is 6.61 Å². The number of aliphatic hydroxyl groups excluding tert-OH is 1. The fraction of sp³-hybridized carbons (Fsp3) is 0.455. The highest BCUT2D eigenvalue weighted by Gasteiger charge is 1.94. The first-order valence-corrected chi connectivity index (χ1v) is 4.47. The van der Waals surface area contributed by atoms with Crippen LogP contribution in [0.3, 0.4) is 0 Å². The van der Waals surface area contributed by atoms with E-state index in [1.54, 1.807) is 0 Å². The molecule has 65 valence electrons. The standard InChI is InChI=1S/C11H15O/c1-2-3-5-10-6-4-7-11(8-10)9-12/h4,7-8,12H,2-3,5,9H2,1H3. The highest BCUT2D eigenvalue weighted by atomic mass is 16.3. The molecule has 0 amide bonds. The maximum atomic E-state index is 8.87. The third-order valence-electron chi connectivity index (χ3n) is 1.91. The van der Waals surface area contributed by atoms with Gasteiger partial charge in [-0.05, 0) is 30.0 Å². The molecule has 0 aliphatic heterocycles. The van der Waals surface area contributed by atoms with Crippen LogP contribution >= 0.6 is 0 Å². The van der Waals surface area contributed by atoms with E-state index in [1.807, 2.05) is 18.2 Å². The van der Waals surface area contributed by atoms with Crippen LogP contribution in [-0.2, 0) is 13.0 Å². The van der Waals surface area contributed by atoms with Gasteiger partial charge in [-0.1, -0.05) is 31.5 Å². The summed E-state index contributed by atoms with van der Waals surface area (Å²) >= 11 is 0. The first-order chi connectivity index (χ1) is 5.86. The first-order valence-electron chi connectivity index (χ1n) is 4.47. The number of rotatable bonds is 4. The lowest BCUT2D eigenvalue weighted by Gasteiger charge is -2.00. The van der Waals surface area contributed by atoms with E-state index in [4.69, 9.17) is 5.11 Å². The summed E-state index contributed by atoms with van der Waals surface area (Å²) in [5.74, 6) is 0. The van der Waals surface area contributed by atoms with E-state index in [1.165, 1.54) is 18.4 Å². The third-order valence-corrected chi connectivity index (χ3v) is 1.91. The molecule has 1 heteroatoms. The number of unbranched alkanes of at least 4 members (excludes halogenated alkanes) is 1. The minimum atomic E-state index is 0.133. The summed E-state index contributed by atoms with van der Waals surface area (Å²) in [4.78, 5) is 0. The fourth-order valence-corrected chi connectivity index (χ4v) is 1.18. The molecule has 0 unspecified atom stereocenters. The van der Waals surface area contributed by atoms with Gasteiger partial charge in [-0.25, -0.2) is 0 Å². The van der Waals surface area contributed by atoms with Gasteiger partial charge in [0.2, 0.25) is 0 Å². The summed E-state index contributed by atoms with van der Waals surface area (Å²) in [6, 6.07) is 8.97. The lowest BCUT2D eigenvalue weighted by atomic mass is 10.1. The van der Waals surface area contributed by atoms with Crippen LogP contribution in [0.4, 0.5) is 0 Å². The van der Waals surface area contributed by atoms with Crippen LogP contribution in [0.2, 0.25) is 0 Å². The van der Waals surface area contributed by atoms with Crippen molar-refractivity contribution in [3.63, 3.8) is 0 Å². The summed E-state index contributed by atoms with van der Waals surface area (Å²) in [5.41, 5.74) is 2.20. The average Bonchev–Trinajstić information content (AvgIpc) is 2.15. The van der Waals surface area contributed by atoms with Crippen LogP contribution in [0.25, 0.3) is 0 Å². The molecule has 1 rings (SSSR count). The van der Waals surface area contributed by atoms with E-state index in [2.05, 4.69) is 13.0 Å². The Morgan fingerprint density at radius 2 is 2.33 bits per heavy atom. The normalized spacial score (nSPS) is 10.2. The number of hydrogen-bond donors (Lipinski definition) is 1. The maximum absolute atomic E-state index is 8.87. The van der Waals surface area contributed by atoms with Crippen molar-refractivity contribution in [3.05, 3.63) is 35.4 Å². The summed E-state index contributed by atoms with van der Waals surface area (Å²) < 4.78 is 0. The summed E-state index contributed by atoms with van der Waals surface area (Å²) in [6.07, 6.45) is 3.48. The SMILES string of the molecule is CCCCc1[c]ccc(CO)c1. The molecular weight excluding hydrogens is 148 g/mol. The molecular formula is C11H15O. The smallest absolute Gasteiger partial charge is 0.0681 e. The molecule has 0 saturated heterocycles. The molecule has 1 radical (unpaired) electrons. The van der Waals surface area contributed by atoms with E-state index >= 15 is 0 Å². The predicted molar refractivity (Wildman–Crippen MR) is 49.8 cm³/mol. The minimum Gasteiger partial charge on any atom is -0.392 e. The first kappa shape index (κ1) is 9.27. The third kappa shape index (κ3) is 2.67. The Kier molecular flexibility index (Phi) is 3.81. The van der Waals surface area contributed by atoms with Crippen molar-refractivity contribution in [2.24, 2.45) is 0 Å². The van der Waals surface area contributed by atoms with Crippen molar-refractivity contribution in [2.45, 2.75) is 32.8 Å². The Hall–Kier alpha value is -0.820. The van der Waals surface area contributed by atoms with E-state index in [9.17, 15) is 0 Å². The molecule has 0 atom stereocenters. The number of aliphatic hydroxyl groups is 1. The molecule has 1 N–H and O–H groups in total. The zero-order valence-electron chi connectivity index (χ0n) is 7.51. The van der Waals surface area contributed by atoms with E-state index in [0.29, 0.717) is 0 Å². The quantitative estimate of drug-likeness (QED) is 0.722. The lowest BCUT2D eigenvalue weighted by molar-refractivity contribution is 0.281. The molecule has 0 aromatic heterocycles. The zero-order valence-corrected chi connectivity index (χ0v) is 7.51. The molecule has 0 bridgehead atoms. The largest absolute Gasteiger partial charge is 0.392 e. The van der Waals surface area contributed by atoms with Crippen LogP contribution in [0.5, 0.6) is 0 Å². The summed E-state index contributed by atoms with van der Waals surface area (Å²) in [5, 5.41) is 8.87. The monoisotopic (exact) mass is 163 g/mol. The van der Waals surface area contributed by atoms with Gasteiger partial charge in [-0.2, -0.15) is 0 Å². The van der Waals surface area contributed by atoms with Gasteiger partial charge in [0.1, 0.15) is 0 Å². The molecule has 0 saturated carbocycles. The van der Waals surface area contributed by atoms with Gasteiger partial charge >= 0.3 is 0 Å². The minimum absolute atomic E-state index is 0.133. The van der Waals surface area contributed by atoms with Crippen molar-refractivity contribution < 1.29 is 5.11 Å². The van der Waals surface area contributed by atoms with Gasteiger partial charge in [0.15, 0.2) is 0 Å². The Balaban J connectivity index is 2.60. The molecule has 1 aromatic rings. The van der Waals surface area contributed by atoms with Crippen LogP contribution in [0.1, 0.15) is 30.9 Å². The number of aryl methyl sites for hydroxylation is 1. The number of benzene rings is 1. The zero-order chi connectivity index (χ0) is 8.81. The molecule has 0 fully saturated rings. The van der Waals surface area contributed by atoms with Gasteiger partial charge in [-0.15, -0.1) is 0 Å². The Bertz CT molecular complexity index is 230. The van der Waals surface area contributed by atoms with E-state index in [-0.39, 0.29) is 6.61 Å². The van der Waals surface area contributed by atoms with Gasteiger partial charge in [-0.3, -0.25) is 0 Å². The second-order valence-corrected chi connectivity index (χ2v) is 2.98. The molecule has 0 aliphatic rings. The topological polar surface area (TPSA) is 20.2 Å².